The van der Waals surface area contributed by atoms with Crippen LogP contribution in [0.4, 0.5) is 11.4 Å². The Hall–Kier alpha value is -2.94. The van der Waals surface area contributed by atoms with Crippen LogP contribution in [0.1, 0.15) is 41.1 Å². The molecule has 0 amide bonds. The van der Waals surface area contributed by atoms with E-state index in [2.05, 4.69) is 88.9 Å². The number of hydrogen-bond acceptors (Lipinski definition) is 5. The van der Waals surface area contributed by atoms with E-state index in [9.17, 15) is 0 Å². The molecule has 1 N–H and O–H groups in total. The minimum atomic E-state index is -0.0375. The van der Waals surface area contributed by atoms with Crippen LogP contribution in [0.25, 0.3) is 0 Å². The Morgan fingerprint density at radius 3 is 2.49 bits per heavy atom. The third-order valence-electron chi connectivity index (χ3n) is 7.63. The average molecular weight is 519 g/mol. The second-order valence-electron chi connectivity index (χ2n) is 10.2. The van der Waals surface area contributed by atoms with Crippen LogP contribution < -0.4 is 15.1 Å². The zero-order valence-corrected chi connectivity index (χ0v) is 23.2. The number of aryl methyl sites for hydroxylation is 1. The average Bonchev–Trinajstić information content (AvgIpc) is 3.40. The first-order valence-electron chi connectivity index (χ1n) is 13.2. The highest BCUT2D eigenvalue weighted by atomic mass is 32.1. The quantitative estimate of drug-likeness (QED) is 0.442. The smallest absolute Gasteiger partial charge is 0.174 e. The van der Waals surface area contributed by atoms with Crippen LogP contribution in [0.3, 0.4) is 0 Å². The van der Waals surface area contributed by atoms with Gasteiger partial charge in [0.2, 0.25) is 0 Å². The topological polar surface area (TPSA) is 48.8 Å². The van der Waals surface area contributed by atoms with Crippen molar-refractivity contribution in [2.75, 3.05) is 56.7 Å². The molecule has 2 fully saturated rings. The lowest BCUT2D eigenvalue weighted by Gasteiger charge is -2.29. The van der Waals surface area contributed by atoms with Gasteiger partial charge in [0.1, 0.15) is 0 Å². The predicted molar refractivity (Wildman–Crippen MR) is 154 cm³/mol. The van der Waals surface area contributed by atoms with E-state index in [1.54, 1.807) is 0 Å². The molecule has 0 aliphatic carbocycles. The molecule has 4 heterocycles. The number of nitrogens with one attached hydrogen (secondary N) is 1. The Bertz CT molecular complexity index is 1200. The number of ether oxygens (including phenoxy) is 1. The van der Waals surface area contributed by atoms with Gasteiger partial charge in [-0.25, -0.2) is 0 Å². The van der Waals surface area contributed by atoms with Crippen LogP contribution in [0, 0.1) is 13.8 Å². The molecular formula is C29H38N6OS. The van der Waals surface area contributed by atoms with Gasteiger partial charge >= 0.3 is 0 Å². The SMILES string of the molecule is Cc1cc([C@@H]2[C@@H](c3ccccn3)NC(=S)N2c2ccc(N(C)C)cc2)c(C)n1CCCN1CCOCC1. The third kappa shape index (κ3) is 5.37. The number of thiocarbonyl (C=S) groups is 1. The Morgan fingerprint density at radius 1 is 1.05 bits per heavy atom. The number of morpholine rings is 1. The summed E-state index contributed by atoms with van der Waals surface area (Å²) in [6.45, 7) is 10.3. The summed E-state index contributed by atoms with van der Waals surface area (Å²) in [5.74, 6) is 0. The van der Waals surface area contributed by atoms with E-state index in [1.807, 2.05) is 18.3 Å². The Morgan fingerprint density at radius 2 is 1.81 bits per heavy atom. The monoisotopic (exact) mass is 518 g/mol. The molecule has 37 heavy (non-hydrogen) atoms. The maximum absolute atomic E-state index is 5.94. The van der Waals surface area contributed by atoms with E-state index < -0.39 is 0 Å². The highest BCUT2D eigenvalue weighted by molar-refractivity contribution is 7.80. The minimum Gasteiger partial charge on any atom is -0.379 e. The van der Waals surface area contributed by atoms with Gasteiger partial charge < -0.3 is 24.4 Å². The van der Waals surface area contributed by atoms with Crippen molar-refractivity contribution in [1.29, 1.82) is 0 Å². The molecule has 7 nitrogen and oxygen atoms in total. The predicted octanol–water partition coefficient (Wildman–Crippen LogP) is 4.47. The number of pyridine rings is 1. The summed E-state index contributed by atoms with van der Waals surface area (Å²) in [5, 5.41) is 4.34. The molecule has 0 spiro atoms. The van der Waals surface area contributed by atoms with Crippen molar-refractivity contribution in [3.05, 3.63) is 77.4 Å². The van der Waals surface area contributed by atoms with Crippen molar-refractivity contribution in [2.24, 2.45) is 0 Å². The molecule has 0 unspecified atom stereocenters. The molecule has 196 valence electrons. The molecule has 0 bridgehead atoms. The fraction of sp³-hybridized carbons (Fsp3) is 0.448. The number of anilines is 2. The van der Waals surface area contributed by atoms with Crippen molar-refractivity contribution < 1.29 is 4.74 Å². The second-order valence-corrected chi connectivity index (χ2v) is 10.6. The van der Waals surface area contributed by atoms with Gasteiger partial charge in [-0.05, 0) is 80.5 Å². The molecule has 2 saturated heterocycles. The van der Waals surface area contributed by atoms with Gasteiger partial charge in [-0.1, -0.05) is 6.07 Å². The highest BCUT2D eigenvalue weighted by Gasteiger charge is 2.42. The van der Waals surface area contributed by atoms with Crippen LogP contribution >= 0.6 is 12.2 Å². The number of aromatic nitrogens is 2. The first-order valence-corrected chi connectivity index (χ1v) is 13.6. The van der Waals surface area contributed by atoms with Crippen molar-refractivity contribution in [3.63, 3.8) is 0 Å². The maximum Gasteiger partial charge on any atom is 0.174 e. The summed E-state index contributed by atoms with van der Waals surface area (Å²) in [5.41, 5.74) is 7.13. The third-order valence-corrected chi connectivity index (χ3v) is 7.95. The molecule has 0 radical (unpaired) electrons. The number of hydrogen-bond donors (Lipinski definition) is 1. The fourth-order valence-corrected chi connectivity index (χ4v) is 5.95. The van der Waals surface area contributed by atoms with Crippen LogP contribution in [-0.2, 0) is 11.3 Å². The van der Waals surface area contributed by atoms with E-state index in [0.29, 0.717) is 0 Å². The molecular weight excluding hydrogens is 480 g/mol. The second kappa shape index (κ2) is 11.2. The standard InChI is InChI=1S/C29H38N6OS/c1-21-20-25(22(2)34(21)15-7-14-33-16-18-36-19-17-33)28-27(26-8-5-6-13-30-26)31-29(37)35(28)24-11-9-23(10-12-24)32(3)4/h5-6,8-13,20,27-28H,7,14-19H2,1-4H3,(H,31,37)/t27-,28-/m1/s1. The van der Waals surface area contributed by atoms with Gasteiger partial charge in [0.05, 0.1) is 31.0 Å². The Balaban J connectivity index is 1.46. The maximum atomic E-state index is 5.94. The normalized spacial score (nSPS) is 20.3. The number of nitrogens with zero attached hydrogens (tertiary/aromatic N) is 5. The van der Waals surface area contributed by atoms with Gasteiger partial charge in [0.25, 0.3) is 0 Å². The summed E-state index contributed by atoms with van der Waals surface area (Å²) in [6.07, 6.45) is 2.98. The van der Waals surface area contributed by atoms with Gasteiger partial charge in [0, 0.05) is 69.2 Å². The Kier molecular flexibility index (Phi) is 7.79. The molecule has 1 aromatic carbocycles. The van der Waals surface area contributed by atoms with E-state index in [4.69, 9.17) is 21.9 Å². The molecule has 2 aromatic heterocycles. The summed E-state index contributed by atoms with van der Waals surface area (Å²) in [6, 6.07) is 17.1. The van der Waals surface area contributed by atoms with Crippen molar-refractivity contribution >= 4 is 28.7 Å². The number of rotatable bonds is 8. The lowest BCUT2D eigenvalue weighted by Crippen LogP contribution is -2.37. The largest absolute Gasteiger partial charge is 0.379 e. The zero-order valence-electron chi connectivity index (χ0n) is 22.4. The summed E-state index contributed by atoms with van der Waals surface area (Å²) in [4.78, 5) is 11.6. The zero-order chi connectivity index (χ0) is 25.9. The van der Waals surface area contributed by atoms with E-state index >= 15 is 0 Å². The Labute approximate surface area is 226 Å². The first-order chi connectivity index (χ1) is 17.9. The number of benzene rings is 1. The molecule has 3 aromatic rings. The van der Waals surface area contributed by atoms with E-state index in [0.717, 1.165) is 68.0 Å². The lowest BCUT2D eigenvalue weighted by molar-refractivity contribution is 0.0369. The molecule has 8 heteroatoms. The molecule has 2 aliphatic rings. The molecule has 5 rings (SSSR count). The van der Waals surface area contributed by atoms with Crippen molar-refractivity contribution in [3.8, 4) is 0 Å². The fourth-order valence-electron chi connectivity index (χ4n) is 5.61. The van der Waals surface area contributed by atoms with Crippen molar-refractivity contribution in [2.45, 2.75) is 38.9 Å². The molecule has 2 atom stereocenters. The molecule has 0 saturated carbocycles. The van der Waals surface area contributed by atoms with Gasteiger partial charge in [0.15, 0.2) is 5.11 Å². The van der Waals surface area contributed by atoms with Gasteiger partial charge in [-0.3, -0.25) is 9.88 Å². The van der Waals surface area contributed by atoms with E-state index in [1.165, 1.54) is 17.0 Å². The first kappa shape index (κ1) is 25.7. The highest BCUT2D eigenvalue weighted by Crippen LogP contribution is 2.43. The minimum absolute atomic E-state index is 0.00630. The molecule has 2 aliphatic heterocycles. The van der Waals surface area contributed by atoms with E-state index in [-0.39, 0.29) is 12.1 Å². The lowest BCUT2D eigenvalue weighted by atomic mass is 9.96. The summed E-state index contributed by atoms with van der Waals surface area (Å²) < 4.78 is 7.98. The van der Waals surface area contributed by atoms with Crippen LogP contribution in [-0.4, -0.2) is 66.5 Å². The summed E-state index contributed by atoms with van der Waals surface area (Å²) in [7, 11) is 4.12. The summed E-state index contributed by atoms with van der Waals surface area (Å²) >= 11 is 5.94. The van der Waals surface area contributed by atoms with Gasteiger partial charge in [-0.15, -0.1) is 0 Å². The van der Waals surface area contributed by atoms with Crippen LogP contribution in [0.2, 0.25) is 0 Å². The van der Waals surface area contributed by atoms with Crippen LogP contribution in [0.5, 0.6) is 0 Å². The van der Waals surface area contributed by atoms with Gasteiger partial charge in [-0.2, -0.15) is 0 Å². The van der Waals surface area contributed by atoms with Crippen molar-refractivity contribution in [1.82, 2.24) is 19.8 Å². The van der Waals surface area contributed by atoms with Crippen LogP contribution in [0.15, 0.2) is 54.7 Å².